The fraction of sp³-hybridized carbons (Fsp3) is 0.400. The topological polar surface area (TPSA) is 74.7 Å². The monoisotopic (exact) mass is 427 g/mol. The lowest BCUT2D eigenvalue weighted by Gasteiger charge is -2.25. The van der Waals surface area contributed by atoms with Crippen LogP contribution in [-0.4, -0.2) is 23.7 Å². The molecule has 1 aliphatic rings. The number of rotatable bonds is 2. The van der Waals surface area contributed by atoms with Crippen LogP contribution < -0.4 is 11.2 Å². The minimum atomic E-state index is -0.308. The minimum absolute atomic E-state index is 0.0671. The largest absolute Gasteiger partial charge is 0.339 e. The number of hydrogen-bond acceptors (Lipinski definition) is 6. The van der Waals surface area contributed by atoms with Gasteiger partial charge in [-0.1, -0.05) is 0 Å². The van der Waals surface area contributed by atoms with Gasteiger partial charge in [0, 0.05) is 42.8 Å². The van der Waals surface area contributed by atoms with Gasteiger partial charge in [0.2, 0.25) is 0 Å². The summed E-state index contributed by atoms with van der Waals surface area (Å²) in [5, 5.41) is 6.50. The lowest BCUT2D eigenvalue weighted by Crippen LogP contribution is -2.37. The van der Waals surface area contributed by atoms with Crippen molar-refractivity contribution in [3.63, 3.8) is 0 Å². The summed E-state index contributed by atoms with van der Waals surface area (Å²) >= 11 is 3.19. The van der Waals surface area contributed by atoms with Crippen LogP contribution >= 0.6 is 22.7 Å². The van der Waals surface area contributed by atoms with E-state index in [1.54, 1.807) is 41.3 Å². The second kappa shape index (κ2) is 6.50. The van der Waals surface area contributed by atoms with Gasteiger partial charge >= 0.3 is 5.69 Å². The van der Waals surface area contributed by atoms with E-state index in [0.717, 1.165) is 57.7 Å². The highest BCUT2D eigenvalue weighted by molar-refractivity contribution is 7.13. The number of thiazole rings is 2. The molecule has 5 rings (SSSR count). The van der Waals surface area contributed by atoms with Crippen molar-refractivity contribution in [2.45, 2.75) is 39.2 Å². The van der Waals surface area contributed by atoms with Gasteiger partial charge in [-0.3, -0.25) is 13.9 Å². The van der Waals surface area contributed by atoms with Gasteiger partial charge in [-0.25, -0.2) is 14.8 Å². The SMILES string of the molecule is Cc1csc(-c2c3c(=O)n(C)c(=O)n(C)c3c3n2CCCC3c2nc(C)cs2)n1. The van der Waals surface area contributed by atoms with Crippen LogP contribution in [0.25, 0.3) is 21.6 Å². The molecule has 4 aromatic rings. The van der Waals surface area contributed by atoms with Crippen molar-refractivity contribution in [3.8, 4) is 10.7 Å². The van der Waals surface area contributed by atoms with E-state index in [9.17, 15) is 9.59 Å². The molecule has 1 unspecified atom stereocenters. The van der Waals surface area contributed by atoms with E-state index >= 15 is 0 Å². The summed E-state index contributed by atoms with van der Waals surface area (Å²) in [7, 11) is 3.29. The van der Waals surface area contributed by atoms with Crippen LogP contribution in [0.3, 0.4) is 0 Å². The third-order valence-electron chi connectivity index (χ3n) is 5.67. The van der Waals surface area contributed by atoms with E-state index in [2.05, 4.69) is 14.9 Å². The molecule has 0 amide bonds. The van der Waals surface area contributed by atoms with E-state index in [-0.39, 0.29) is 17.2 Å². The van der Waals surface area contributed by atoms with Gasteiger partial charge in [-0.15, -0.1) is 22.7 Å². The Morgan fingerprint density at radius 1 is 1.03 bits per heavy atom. The summed E-state index contributed by atoms with van der Waals surface area (Å²) in [6.07, 6.45) is 1.94. The predicted molar refractivity (Wildman–Crippen MR) is 116 cm³/mol. The number of nitrogens with zero attached hydrogens (tertiary/aromatic N) is 5. The molecule has 0 saturated heterocycles. The molecule has 0 bridgehead atoms. The zero-order chi connectivity index (χ0) is 20.4. The zero-order valence-corrected chi connectivity index (χ0v) is 18.4. The Morgan fingerprint density at radius 2 is 1.76 bits per heavy atom. The van der Waals surface area contributed by atoms with E-state index in [1.165, 1.54) is 4.57 Å². The second-order valence-electron chi connectivity index (χ2n) is 7.63. The molecule has 0 N–H and O–H groups in total. The Labute approximate surface area is 174 Å². The highest BCUT2D eigenvalue weighted by Gasteiger charge is 2.34. The second-order valence-corrected chi connectivity index (χ2v) is 9.38. The number of aryl methyl sites for hydroxylation is 3. The first-order valence-electron chi connectivity index (χ1n) is 9.55. The van der Waals surface area contributed by atoms with Crippen molar-refractivity contribution in [3.05, 3.63) is 53.7 Å². The molecule has 9 heteroatoms. The Bertz CT molecular complexity index is 1380. The van der Waals surface area contributed by atoms with Crippen LogP contribution in [0.2, 0.25) is 0 Å². The van der Waals surface area contributed by atoms with E-state index < -0.39 is 0 Å². The average molecular weight is 428 g/mol. The molecule has 0 radical (unpaired) electrons. The molecular weight excluding hydrogens is 406 g/mol. The van der Waals surface area contributed by atoms with Crippen molar-refractivity contribution < 1.29 is 0 Å². The van der Waals surface area contributed by atoms with Crippen molar-refractivity contribution in [2.75, 3.05) is 0 Å². The highest BCUT2D eigenvalue weighted by Crippen LogP contribution is 2.43. The molecule has 7 nitrogen and oxygen atoms in total. The molecule has 1 atom stereocenters. The predicted octanol–water partition coefficient (Wildman–Crippen LogP) is 3.16. The molecule has 0 saturated carbocycles. The number of aromatic nitrogens is 5. The Hall–Kier alpha value is -2.52. The van der Waals surface area contributed by atoms with Crippen molar-refractivity contribution in [1.82, 2.24) is 23.7 Å². The number of fused-ring (bicyclic) bond motifs is 3. The standard InChI is InChI=1S/C20H21N5O2S2/c1-10-8-28-17(21-10)12-6-5-7-25-14(12)15-13(16(25)18-22-11(2)9-29-18)19(26)24(4)20(27)23(15)3/h8-9,12H,5-7H2,1-4H3. The van der Waals surface area contributed by atoms with Crippen LogP contribution in [0.15, 0.2) is 20.3 Å². The Balaban J connectivity index is 1.96. The molecule has 0 aromatic carbocycles. The first-order valence-corrected chi connectivity index (χ1v) is 11.3. The summed E-state index contributed by atoms with van der Waals surface area (Å²) in [6, 6.07) is 0. The first-order chi connectivity index (χ1) is 13.9. The lowest BCUT2D eigenvalue weighted by atomic mass is 9.96. The summed E-state index contributed by atoms with van der Waals surface area (Å²) in [5.74, 6) is 0.0671. The molecule has 0 aliphatic carbocycles. The maximum Gasteiger partial charge on any atom is 0.331 e. The van der Waals surface area contributed by atoms with Gasteiger partial charge in [0.1, 0.15) is 10.0 Å². The third kappa shape index (κ3) is 2.60. The molecular formula is C20H21N5O2S2. The van der Waals surface area contributed by atoms with Crippen LogP contribution in [0, 0.1) is 13.8 Å². The maximum atomic E-state index is 13.3. The van der Waals surface area contributed by atoms with Gasteiger partial charge in [0.15, 0.2) is 0 Å². The van der Waals surface area contributed by atoms with Gasteiger partial charge in [-0.2, -0.15) is 0 Å². The molecule has 5 heterocycles. The first kappa shape index (κ1) is 18.5. The molecule has 29 heavy (non-hydrogen) atoms. The van der Waals surface area contributed by atoms with Gasteiger partial charge in [-0.05, 0) is 26.7 Å². The van der Waals surface area contributed by atoms with E-state index in [1.807, 2.05) is 19.2 Å². The van der Waals surface area contributed by atoms with Crippen molar-refractivity contribution in [2.24, 2.45) is 14.1 Å². The van der Waals surface area contributed by atoms with Crippen LogP contribution in [0.4, 0.5) is 0 Å². The zero-order valence-electron chi connectivity index (χ0n) is 16.7. The molecule has 1 aliphatic heterocycles. The van der Waals surface area contributed by atoms with Crippen LogP contribution in [0.5, 0.6) is 0 Å². The number of hydrogen-bond donors (Lipinski definition) is 0. The maximum absolute atomic E-state index is 13.3. The van der Waals surface area contributed by atoms with Crippen LogP contribution in [0.1, 0.15) is 40.8 Å². The van der Waals surface area contributed by atoms with Gasteiger partial charge in [0.25, 0.3) is 5.56 Å². The van der Waals surface area contributed by atoms with Gasteiger partial charge in [0.05, 0.1) is 28.2 Å². The molecule has 4 aromatic heterocycles. The summed E-state index contributed by atoms with van der Waals surface area (Å²) in [6.45, 7) is 4.75. The van der Waals surface area contributed by atoms with E-state index in [0.29, 0.717) is 5.39 Å². The van der Waals surface area contributed by atoms with E-state index in [4.69, 9.17) is 4.98 Å². The fourth-order valence-corrected chi connectivity index (χ4v) is 6.16. The minimum Gasteiger partial charge on any atom is -0.339 e. The van der Waals surface area contributed by atoms with Gasteiger partial charge < -0.3 is 4.57 Å². The Kier molecular flexibility index (Phi) is 4.15. The quantitative estimate of drug-likeness (QED) is 0.493. The summed E-state index contributed by atoms with van der Waals surface area (Å²) in [5.41, 5.74) is 3.93. The normalized spacial score (nSPS) is 16.5. The van der Waals surface area contributed by atoms with Crippen molar-refractivity contribution in [1.29, 1.82) is 0 Å². The summed E-state index contributed by atoms with van der Waals surface area (Å²) in [4.78, 5) is 35.5. The highest BCUT2D eigenvalue weighted by atomic mass is 32.1. The third-order valence-corrected chi connectivity index (χ3v) is 7.71. The van der Waals surface area contributed by atoms with Crippen LogP contribution in [-0.2, 0) is 20.6 Å². The molecule has 150 valence electrons. The Morgan fingerprint density at radius 3 is 2.41 bits per heavy atom. The molecule has 0 fully saturated rings. The lowest BCUT2D eigenvalue weighted by molar-refractivity contribution is 0.494. The average Bonchev–Trinajstić information content (AvgIpc) is 3.41. The smallest absolute Gasteiger partial charge is 0.331 e. The molecule has 0 spiro atoms. The fourth-order valence-electron chi connectivity index (χ4n) is 4.37. The van der Waals surface area contributed by atoms with Crippen molar-refractivity contribution >= 4 is 33.6 Å². The summed E-state index contributed by atoms with van der Waals surface area (Å²) < 4.78 is 5.03.